The summed E-state index contributed by atoms with van der Waals surface area (Å²) in [5.74, 6) is -0.441. The van der Waals surface area contributed by atoms with Crippen molar-refractivity contribution in [2.75, 3.05) is 0 Å². The Balaban J connectivity index is 2.67. The molecule has 2 rings (SSSR count). The van der Waals surface area contributed by atoms with Gasteiger partial charge in [-0.1, -0.05) is 12.2 Å². The van der Waals surface area contributed by atoms with Crippen LogP contribution in [-0.2, 0) is 0 Å². The molecule has 3 nitrogen and oxygen atoms in total. The van der Waals surface area contributed by atoms with Gasteiger partial charge in [0, 0.05) is 5.56 Å². The van der Waals surface area contributed by atoms with Gasteiger partial charge in [0.2, 0.25) is 0 Å². The highest BCUT2D eigenvalue weighted by Gasteiger charge is 2.18. The molecule has 0 aliphatic heterocycles. The van der Waals surface area contributed by atoms with Crippen LogP contribution < -0.4 is 5.73 Å². The molecular formula is C12H10Br2FN3S. The second-order valence-electron chi connectivity index (χ2n) is 4.02. The lowest BCUT2D eigenvalue weighted by Gasteiger charge is -2.10. The Kier molecular flexibility index (Phi) is 4.08. The summed E-state index contributed by atoms with van der Waals surface area (Å²) in [6.07, 6.45) is 0. The maximum Gasteiger partial charge on any atom is 0.163 e. The van der Waals surface area contributed by atoms with E-state index in [2.05, 4.69) is 37.0 Å². The van der Waals surface area contributed by atoms with Crippen LogP contribution in [0.5, 0.6) is 0 Å². The third kappa shape index (κ3) is 2.46. The second-order valence-corrected chi connectivity index (χ2v) is 6.05. The van der Waals surface area contributed by atoms with E-state index in [1.807, 2.05) is 13.8 Å². The summed E-state index contributed by atoms with van der Waals surface area (Å²) < 4.78 is 17.0. The number of hydrogen-bond acceptors (Lipinski definition) is 2. The molecule has 0 spiro atoms. The highest BCUT2D eigenvalue weighted by molar-refractivity contribution is 9.10. The highest BCUT2D eigenvalue weighted by atomic mass is 79.9. The van der Waals surface area contributed by atoms with Crippen LogP contribution in [0, 0.1) is 19.7 Å². The predicted molar refractivity (Wildman–Crippen MR) is 84.3 cm³/mol. The molecule has 19 heavy (non-hydrogen) atoms. The van der Waals surface area contributed by atoms with E-state index in [4.69, 9.17) is 18.0 Å². The number of rotatable bonds is 2. The molecule has 0 bridgehead atoms. The summed E-state index contributed by atoms with van der Waals surface area (Å²) in [5.41, 5.74) is 7.97. The topological polar surface area (TPSA) is 43.8 Å². The lowest BCUT2D eigenvalue weighted by Crippen LogP contribution is -2.12. The molecule has 0 amide bonds. The van der Waals surface area contributed by atoms with Crippen molar-refractivity contribution in [3.63, 3.8) is 0 Å². The molecule has 0 radical (unpaired) electrons. The van der Waals surface area contributed by atoms with Crippen molar-refractivity contribution in [1.29, 1.82) is 0 Å². The first-order valence-corrected chi connectivity index (χ1v) is 7.34. The van der Waals surface area contributed by atoms with Gasteiger partial charge in [0.1, 0.15) is 10.7 Å². The van der Waals surface area contributed by atoms with Crippen LogP contribution >= 0.6 is 44.1 Å². The van der Waals surface area contributed by atoms with Crippen LogP contribution in [0.3, 0.4) is 0 Å². The van der Waals surface area contributed by atoms with Crippen molar-refractivity contribution in [3.05, 3.63) is 43.8 Å². The summed E-state index contributed by atoms with van der Waals surface area (Å²) in [6.45, 7) is 3.71. The Morgan fingerprint density at radius 1 is 1.32 bits per heavy atom. The van der Waals surface area contributed by atoms with E-state index in [1.165, 1.54) is 0 Å². The van der Waals surface area contributed by atoms with Crippen LogP contribution in [0.25, 0.3) is 5.69 Å². The van der Waals surface area contributed by atoms with Crippen molar-refractivity contribution in [2.45, 2.75) is 13.8 Å². The number of aromatic nitrogens is 2. The van der Waals surface area contributed by atoms with Gasteiger partial charge in [-0.2, -0.15) is 5.10 Å². The van der Waals surface area contributed by atoms with Crippen LogP contribution in [0.2, 0.25) is 0 Å². The number of hydrogen-bond donors (Lipinski definition) is 1. The molecule has 0 aliphatic rings. The Bertz CT molecular complexity index is 682. The van der Waals surface area contributed by atoms with Crippen LogP contribution in [0.1, 0.15) is 17.0 Å². The standard InChI is InChI=1S/C12H10Br2FN3S/c1-5-9(13)6(2)18(17-5)8-4-3-7(12(16)19)10(14)11(8)15/h3-4H,1-2H3,(H2,16,19). The molecule has 0 fully saturated rings. The number of nitrogens with zero attached hydrogens (tertiary/aromatic N) is 2. The average molecular weight is 407 g/mol. The molecule has 1 aromatic carbocycles. The Morgan fingerprint density at radius 3 is 2.42 bits per heavy atom. The van der Waals surface area contributed by atoms with Crippen molar-refractivity contribution in [1.82, 2.24) is 9.78 Å². The van der Waals surface area contributed by atoms with E-state index < -0.39 is 5.82 Å². The highest BCUT2D eigenvalue weighted by Crippen LogP contribution is 2.29. The van der Waals surface area contributed by atoms with E-state index in [0.717, 1.165) is 15.9 Å². The van der Waals surface area contributed by atoms with Crippen LogP contribution in [0.4, 0.5) is 4.39 Å². The van der Waals surface area contributed by atoms with Gasteiger partial charge in [-0.15, -0.1) is 0 Å². The Labute approximate surface area is 132 Å². The Hall–Kier alpha value is -0.790. The van der Waals surface area contributed by atoms with Crippen LogP contribution in [0.15, 0.2) is 21.1 Å². The van der Waals surface area contributed by atoms with Gasteiger partial charge in [-0.25, -0.2) is 9.07 Å². The molecule has 0 saturated heterocycles. The van der Waals surface area contributed by atoms with Crippen molar-refractivity contribution < 1.29 is 4.39 Å². The molecular weight excluding hydrogens is 397 g/mol. The van der Waals surface area contributed by atoms with Gasteiger partial charge >= 0.3 is 0 Å². The fourth-order valence-corrected chi connectivity index (χ4v) is 2.85. The zero-order chi connectivity index (χ0) is 14.3. The van der Waals surface area contributed by atoms with Gasteiger partial charge in [-0.05, 0) is 57.8 Å². The van der Waals surface area contributed by atoms with Crippen molar-refractivity contribution >= 4 is 49.1 Å². The maximum atomic E-state index is 14.4. The molecule has 0 saturated carbocycles. The van der Waals surface area contributed by atoms with Crippen molar-refractivity contribution in [3.8, 4) is 5.69 Å². The third-order valence-corrected chi connectivity index (χ3v) is 4.90. The number of aryl methyl sites for hydroxylation is 1. The average Bonchev–Trinajstić information content (AvgIpc) is 2.60. The van der Waals surface area contributed by atoms with E-state index in [-0.39, 0.29) is 9.46 Å². The summed E-state index contributed by atoms with van der Waals surface area (Å²) >= 11 is 11.5. The minimum atomic E-state index is -0.441. The quantitative estimate of drug-likeness (QED) is 0.771. The zero-order valence-corrected chi connectivity index (χ0v) is 14.2. The number of halogens is 3. The number of nitrogens with two attached hydrogens (primary N) is 1. The minimum absolute atomic E-state index is 0.145. The van der Waals surface area contributed by atoms with Gasteiger partial charge in [0.05, 0.1) is 20.3 Å². The van der Waals surface area contributed by atoms with Gasteiger partial charge in [0.15, 0.2) is 5.82 Å². The lowest BCUT2D eigenvalue weighted by atomic mass is 10.2. The van der Waals surface area contributed by atoms with Gasteiger partial charge in [-0.3, -0.25) is 0 Å². The first kappa shape index (κ1) is 14.6. The molecule has 1 aromatic heterocycles. The van der Waals surface area contributed by atoms with Crippen molar-refractivity contribution in [2.24, 2.45) is 5.73 Å². The predicted octanol–water partition coefficient (Wildman–Crippen LogP) is 3.79. The summed E-state index contributed by atoms with van der Waals surface area (Å²) in [6, 6.07) is 3.29. The second kappa shape index (κ2) is 5.30. The first-order chi connectivity index (χ1) is 8.84. The molecule has 2 N–H and O–H groups in total. The lowest BCUT2D eigenvalue weighted by molar-refractivity contribution is 0.601. The van der Waals surface area contributed by atoms with Crippen LogP contribution in [-0.4, -0.2) is 14.8 Å². The van der Waals surface area contributed by atoms with E-state index in [9.17, 15) is 4.39 Å². The molecule has 0 unspecified atom stereocenters. The minimum Gasteiger partial charge on any atom is -0.389 e. The fourth-order valence-electron chi connectivity index (χ4n) is 1.75. The molecule has 0 atom stereocenters. The molecule has 0 aliphatic carbocycles. The maximum absolute atomic E-state index is 14.4. The Morgan fingerprint density at radius 2 is 1.95 bits per heavy atom. The number of benzene rings is 1. The molecule has 1 heterocycles. The molecule has 100 valence electrons. The molecule has 2 aromatic rings. The van der Waals surface area contributed by atoms with Gasteiger partial charge < -0.3 is 5.73 Å². The largest absolute Gasteiger partial charge is 0.389 e. The van der Waals surface area contributed by atoms with Gasteiger partial charge in [0.25, 0.3) is 0 Å². The summed E-state index contributed by atoms with van der Waals surface area (Å²) in [7, 11) is 0. The SMILES string of the molecule is Cc1nn(-c2ccc(C(N)=S)c(Br)c2F)c(C)c1Br. The van der Waals surface area contributed by atoms with E-state index in [0.29, 0.717) is 11.3 Å². The molecule has 7 heteroatoms. The first-order valence-electron chi connectivity index (χ1n) is 5.34. The van der Waals surface area contributed by atoms with E-state index in [1.54, 1.807) is 16.8 Å². The fraction of sp³-hybridized carbons (Fsp3) is 0.167. The summed E-state index contributed by atoms with van der Waals surface area (Å²) in [5, 5.41) is 4.30. The summed E-state index contributed by atoms with van der Waals surface area (Å²) in [4.78, 5) is 0.145. The number of thiocarbonyl (C=S) groups is 1. The normalized spacial score (nSPS) is 10.8. The zero-order valence-electron chi connectivity index (χ0n) is 10.2. The smallest absolute Gasteiger partial charge is 0.163 e. The third-order valence-electron chi connectivity index (χ3n) is 2.76. The van der Waals surface area contributed by atoms with E-state index >= 15 is 0 Å². The monoisotopic (exact) mass is 405 g/mol.